The smallest absolute Gasteiger partial charge is 0.324 e. The number of rotatable bonds is 4. The molecule has 3 aromatic rings. The molecule has 0 atom stereocenters. The number of aromatic nitrogens is 2. The minimum atomic E-state index is -0.486. The molecule has 1 heterocycles. The number of carbonyl (C=O) groups excluding carboxylic acids is 1. The summed E-state index contributed by atoms with van der Waals surface area (Å²) in [6, 6.07) is 11.3. The number of carbonyl (C=O) groups is 1. The molecule has 6 nitrogen and oxygen atoms in total. The lowest BCUT2D eigenvalue weighted by Gasteiger charge is -2.05. The van der Waals surface area contributed by atoms with E-state index in [9.17, 15) is 9.18 Å². The first-order valence-electron chi connectivity index (χ1n) is 7.72. The Kier molecular flexibility index (Phi) is 4.74. The summed E-state index contributed by atoms with van der Waals surface area (Å²) in [4.78, 5) is 11.9. The summed E-state index contributed by atoms with van der Waals surface area (Å²) < 4.78 is 18.3. The molecule has 0 radical (unpaired) electrons. The van der Waals surface area contributed by atoms with Crippen molar-refractivity contribution in [2.24, 2.45) is 0 Å². The van der Waals surface area contributed by atoms with Crippen LogP contribution in [0.4, 0.5) is 15.2 Å². The number of benzene rings is 2. The normalized spacial score (nSPS) is 10.5. The molecule has 128 valence electrons. The van der Waals surface area contributed by atoms with E-state index in [-0.39, 0.29) is 18.4 Å². The van der Waals surface area contributed by atoms with E-state index in [4.69, 9.17) is 4.42 Å². The minimum absolute atomic E-state index is 0.00609. The second kappa shape index (κ2) is 7.12. The summed E-state index contributed by atoms with van der Waals surface area (Å²) in [5, 5.41) is 12.9. The van der Waals surface area contributed by atoms with Crippen LogP contribution in [-0.2, 0) is 6.54 Å². The van der Waals surface area contributed by atoms with Crippen LogP contribution in [0.3, 0.4) is 0 Å². The predicted molar refractivity (Wildman–Crippen MR) is 91.5 cm³/mol. The lowest BCUT2D eigenvalue weighted by molar-refractivity contribution is 0.251. The first-order valence-corrected chi connectivity index (χ1v) is 7.72. The number of hydrogen-bond acceptors (Lipinski definition) is 4. The Labute approximate surface area is 144 Å². The average Bonchev–Trinajstić information content (AvgIpc) is 3.02. The van der Waals surface area contributed by atoms with Gasteiger partial charge >= 0.3 is 12.0 Å². The Bertz CT molecular complexity index is 890. The van der Waals surface area contributed by atoms with Gasteiger partial charge < -0.3 is 9.73 Å². The number of anilines is 1. The van der Waals surface area contributed by atoms with Crippen molar-refractivity contribution in [3.05, 3.63) is 65.0 Å². The van der Waals surface area contributed by atoms with Crippen molar-refractivity contribution in [3.8, 4) is 11.5 Å². The van der Waals surface area contributed by atoms with Crippen LogP contribution in [0.5, 0.6) is 0 Å². The summed E-state index contributed by atoms with van der Waals surface area (Å²) in [5.41, 5.74) is 3.74. The van der Waals surface area contributed by atoms with E-state index in [2.05, 4.69) is 20.8 Å². The van der Waals surface area contributed by atoms with Gasteiger partial charge in [-0.05, 0) is 43.2 Å². The van der Waals surface area contributed by atoms with Gasteiger partial charge in [0.25, 0.3) is 0 Å². The third-order valence-electron chi connectivity index (χ3n) is 3.62. The number of amides is 2. The average molecular weight is 340 g/mol. The third kappa shape index (κ3) is 4.20. The molecular weight excluding hydrogens is 323 g/mol. The molecule has 0 saturated carbocycles. The van der Waals surface area contributed by atoms with Crippen LogP contribution in [0, 0.1) is 19.7 Å². The number of aryl methyl sites for hydroxylation is 2. The third-order valence-corrected chi connectivity index (χ3v) is 3.62. The summed E-state index contributed by atoms with van der Waals surface area (Å²) in [5.74, 6) is 0.0179. The highest BCUT2D eigenvalue weighted by molar-refractivity contribution is 5.86. The lowest BCUT2D eigenvalue weighted by Crippen LogP contribution is -2.28. The molecule has 25 heavy (non-hydrogen) atoms. The van der Waals surface area contributed by atoms with Crippen LogP contribution in [-0.4, -0.2) is 16.2 Å². The Morgan fingerprint density at radius 3 is 2.60 bits per heavy atom. The molecule has 2 N–H and O–H groups in total. The van der Waals surface area contributed by atoms with Crippen molar-refractivity contribution in [1.82, 2.24) is 15.5 Å². The lowest BCUT2D eigenvalue weighted by atomic mass is 10.1. The quantitative estimate of drug-likeness (QED) is 0.757. The molecule has 0 unspecified atom stereocenters. The van der Waals surface area contributed by atoms with Crippen molar-refractivity contribution >= 4 is 12.0 Å². The molecule has 0 aliphatic carbocycles. The maximum absolute atomic E-state index is 12.8. The van der Waals surface area contributed by atoms with Crippen LogP contribution in [0.15, 0.2) is 46.9 Å². The van der Waals surface area contributed by atoms with Gasteiger partial charge in [0.05, 0.1) is 0 Å². The van der Waals surface area contributed by atoms with Gasteiger partial charge in [0.1, 0.15) is 5.82 Å². The van der Waals surface area contributed by atoms with Crippen LogP contribution >= 0.6 is 0 Å². The summed E-state index contributed by atoms with van der Waals surface area (Å²) >= 11 is 0. The van der Waals surface area contributed by atoms with E-state index in [1.165, 1.54) is 12.1 Å². The van der Waals surface area contributed by atoms with E-state index in [1.54, 1.807) is 12.1 Å². The van der Waals surface area contributed by atoms with Crippen LogP contribution in [0.25, 0.3) is 11.5 Å². The van der Waals surface area contributed by atoms with Crippen LogP contribution in [0.1, 0.15) is 16.7 Å². The molecule has 0 spiro atoms. The Balaban J connectivity index is 1.60. The molecule has 0 aliphatic rings. The zero-order valence-electron chi connectivity index (χ0n) is 13.8. The highest BCUT2D eigenvalue weighted by Crippen LogP contribution is 2.24. The van der Waals surface area contributed by atoms with Crippen molar-refractivity contribution in [2.45, 2.75) is 20.4 Å². The van der Waals surface area contributed by atoms with Gasteiger partial charge in [0, 0.05) is 12.1 Å². The van der Waals surface area contributed by atoms with Gasteiger partial charge in [0.15, 0.2) is 0 Å². The fraction of sp³-hybridized carbons (Fsp3) is 0.167. The maximum Gasteiger partial charge on any atom is 0.324 e. The zero-order valence-corrected chi connectivity index (χ0v) is 13.8. The molecule has 0 bridgehead atoms. The highest BCUT2D eigenvalue weighted by atomic mass is 19.1. The van der Waals surface area contributed by atoms with Crippen molar-refractivity contribution in [1.29, 1.82) is 0 Å². The van der Waals surface area contributed by atoms with Crippen molar-refractivity contribution < 1.29 is 13.6 Å². The topological polar surface area (TPSA) is 80.0 Å². The van der Waals surface area contributed by atoms with Gasteiger partial charge in [-0.1, -0.05) is 34.9 Å². The van der Waals surface area contributed by atoms with Gasteiger partial charge in [-0.3, -0.25) is 5.32 Å². The Hall–Kier alpha value is -3.22. The monoisotopic (exact) mass is 340 g/mol. The van der Waals surface area contributed by atoms with Crippen LogP contribution < -0.4 is 10.6 Å². The van der Waals surface area contributed by atoms with Gasteiger partial charge in [0.2, 0.25) is 5.89 Å². The van der Waals surface area contributed by atoms with Gasteiger partial charge in [-0.25, -0.2) is 9.18 Å². The molecule has 7 heteroatoms. The molecule has 1 aromatic heterocycles. The Morgan fingerprint density at radius 1 is 1.12 bits per heavy atom. The molecule has 0 aliphatic heterocycles. The maximum atomic E-state index is 12.8. The summed E-state index contributed by atoms with van der Waals surface area (Å²) in [7, 11) is 0. The van der Waals surface area contributed by atoms with E-state index < -0.39 is 6.03 Å². The molecule has 0 fully saturated rings. The molecule has 0 saturated heterocycles. The molecule has 3 rings (SSSR count). The first kappa shape index (κ1) is 16.6. The Morgan fingerprint density at radius 2 is 1.88 bits per heavy atom. The SMILES string of the molecule is Cc1ccc(-c2nnc(NC(=O)NCc3ccc(F)cc3)o2)c(C)c1. The van der Waals surface area contributed by atoms with Gasteiger partial charge in [-0.2, -0.15) is 0 Å². The van der Waals surface area contributed by atoms with E-state index in [0.29, 0.717) is 5.89 Å². The van der Waals surface area contributed by atoms with Gasteiger partial charge in [-0.15, -0.1) is 5.10 Å². The van der Waals surface area contributed by atoms with E-state index in [0.717, 1.165) is 22.3 Å². The first-order chi connectivity index (χ1) is 12.0. The van der Waals surface area contributed by atoms with Crippen molar-refractivity contribution in [2.75, 3.05) is 5.32 Å². The minimum Gasteiger partial charge on any atom is -0.403 e. The second-order valence-corrected chi connectivity index (χ2v) is 5.66. The summed E-state index contributed by atoms with van der Waals surface area (Å²) in [6.45, 7) is 4.21. The number of halogens is 1. The van der Waals surface area contributed by atoms with Crippen LogP contribution in [0.2, 0.25) is 0 Å². The highest BCUT2D eigenvalue weighted by Gasteiger charge is 2.13. The zero-order chi connectivity index (χ0) is 17.8. The fourth-order valence-electron chi connectivity index (χ4n) is 2.36. The predicted octanol–water partition coefficient (Wildman–Crippen LogP) is 3.81. The van der Waals surface area contributed by atoms with E-state index >= 15 is 0 Å². The number of hydrogen-bond donors (Lipinski definition) is 2. The van der Waals surface area contributed by atoms with E-state index in [1.807, 2.05) is 32.0 Å². The standard InChI is InChI=1S/C18H17FN4O2/c1-11-3-8-15(12(2)9-11)16-22-23-18(25-16)21-17(24)20-10-13-4-6-14(19)7-5-13/h3-9H,10H2,1-2H3,(H2,20,21,23,24). The fourth-order valence-corrected chi connectivity index (χ4v) is 2.36. The molecule has 2 amide bonds. The second-order valence-electron chi connectivity index (χ2n) is 5.66. The molecular formula is C18H17FN4O2. The number of nitrogens with one attached hydrogen (secondary N) is 2. The molecule has 2 aromatic carbocycles. The number of urea groups is 1. The number of nitrogens with zero attached hydrogens (tertiary/aromatic N) is 2. The largest absolute Gasteiger partial charge is 0.403 e. The van der Waals surface area contributed by atoms with Crippen molar-refractivity contribution in [3.63, 3.8) is 0 Å². The summed E-state index contributed by atoms with van der Waals surface area (Å²) in [6.07, 6.45) is 0.